The summed E-state index contributed by atoms with van der Waals surface area (Å²) in [6.07, 6.45) is 1.23. The van der Waals surface area contributed by atoms with Crippen molar-refractivity contribution < 1.29 is 23.8 Å². The van der Waals surface area contributed by atoms with Crippen LogP contribution >= 0.6 is 0 Å². The number of aliphatic carboxylic acids is 1. The van der Waals surface area contributed by atoms with Crippen LogP contribution in [-0.2, 0) is 9.59 Å². The summed E-state index contributed by atoms with van der Waals surface area (Å²) in [5.74, 6) is -1.46. The Morgan fingerprint density at radius 2 is 1.95 bits per heavy atom. The minimum absolute atomic E-state index is 0.0498. The van der Waals surface area contributed by atoms with Gasteiger partial charge in [0.25, 0.3) is 0 Å². The fourth-order valence-corrected chi connectivity index (χ4v) is 1.73. The summed E-state index contributed by atoms with van der Waals surface area (Å²) in [6, 6.07) is 4.28. The highest BCUT2D eigenvalue weighted by molar-refractivity contribution is 5.92. The van der Waals surface area contributed by atoms with Crippen molar-refractivity contribution in [2.24, 2.45) is 0 Å². The minimum Gasteiger partial charge on any atom is -0.494 e. The fourth-order valence-electron chi connectivity index (χ4n) is 1.73. The second-order valence-electron chi connectivity index (χ2n) is 4.37. The number of hydrogen-bond donors (Lipinski definition) is 1. The molecule has 20 heavy (non-hydrogen) atoms. The summed E-state index contributed by atoms with van der Waals surface area (Å²) in [6.45, 7) is 0. The van der Waals surface area contributed by atoms with Crippen molar-refractivity contribution in [2.45, 2.75) is 25.7 Å². The minimum atomic E-state index is -0.872. The molecule has 0 aliphatic rings. The molecule has 0 unspecified atom stereocenters. The van der Waals surface area contributed by atoms with Gasteiger partial charge in [-0.3, -0.25) is 9.59 Å². The van der Waals surface area contributed by atoms with E-state index in [0.717, 1.165) is 0 Å². The number of anilines is 1. The molecule has 0 saturated heterocycles. The average Bonchev–Trinajstić information content (AvgIpc) is 2.42. The van der Waals surface area contributed by atoms with Crippen molar-refractivity contribution in [3.05, 3.63) is 24.0 Å². The Hall–Kier alpha value is -2.11. The standard InChI is InChI=1S/C14H18FNO4/c1-16(13(17)5-3-4-6-14(18)19)10-7-8-12(20-2)11(15)9-10/h7-9H,3-6H2,1-2H3,(H,18,19). The molecular weight excluding hydrogens is 265 g/mol. The molecule has 0 bridgehead atoms. The van der Waals surface area contributed by atoms with E-state index in [9.17, 15) is 14.0 Å². The molecule has 0 aromatic heterocycles. The number of methoxy groups -OCH3 is 1. The quantitative estimate of drug-likeness (QED) is 0.780. The van der Waals surface area contributed by atoms with E-state index in [1.807, 2.05) is 0 Å². The van der Waals surface area contributed by atoms with Crippen LogP contribution in [0.25, 0.3) is 0 Å². The number of amides is 1. The number of halogens is 1. The van der Waals surface area contributed by atoms with Crippen LogP contribution < -0.4 is 9.64 Å². The van der Waals surface area contributed by atoms with Crippen LogP contribution in [0.4, 0.5) is 10.1 Å². The van der Waals surface area contributed by atoms with Gasteiger partial charge in [-0.05, 0) is 25.0 Å². The molecule has 0 spiro atoms. The third kappa shape index (κ3) is 4.53. The zero-order valence-electron chi connectivity index (χ0n) is 11.6. The lowest BCUT2D eigenvalue weighted by Crippen LogP contribution is -2.26. The van der Waals surface area contributed by atoms with E-state index >= 15 is 0 Å². The third-order valence-electron chi connectivity index (χ3n) is 2.93. The van der Waals surface area contributed by atoms with Crippen LogP contribution in [-0.4, -0.2) is 31.1 Å². The van der Waals surface area contributed by atoms with E-state index in [1.165, 1.54) is 24.1 Å². The van der Waals surface area contributed by atoms with Gasteiger partial charge in [0.05, 0.1) is 7.11 Å². The predicted molar refractivity (Wildman–Crippen MR) is 72.5 cm³/mol. The summed E-state index contributed by atoms with van der Waals surface area (Å²) < 4.78 is 18.3. The number of carboxylic acid groups (broad SMARTS) is 1. The van der Waals surface area contributed by atoms with Crippen LogP contribution in [0.1, 0.15) is 25.7 Å². The zero-order valence-corrected chi connectivity index (χ0v) is 11.6. The second kappa shape index (κ2) is 7.47. The molecule has 5 nitrogen and oxygen atoms in total. The Morgan fingerprint density at radius 1 is 1.30 bits per heavy atom. The van der Waals surface area contributed by atoms with E-state index in [0.29, 0.717) is 18.5 Å². The fraction of sp³-hybridized carbons (Fsp3) is 0.429. The van der Waals surface area contributed by atoms with E-state index in [-0.39, 0.29) is 24.5 Å². The molecule has 1 amide bonds. The summed E-state index contributed by atoms with van der Waals surface area (Å²) in [7, 11) is 2.93. The van der Waals surface area contributed by atoms with Gasteiger partial charge in [0.1, 0.15) is 0 Å². The van der Waals surface area contributed by atoms with Gasteiger partial charge in [0.15, 0.2) is 11.6 Å². The first kappa shape index (κ1) is 15.9. The second-order valence-corrected chi connectivity index (χ2v) is 4.37. The van der Waals surface area contributed by atoms with Crippen molar-refractivity contribution in [3.8, 4) is 5.75 Å². The normalized spacial score (nSPS) is 10.2. The number of carbonyl (C=O) groups excluding carboxylic acids is 1. The summed E-state index contributed by atoms with van der Waals surface area (Å²) in [5, 5.41) is 8.50. The van der Waals surface area contributed by atoms with Gasteiger partial charge < -0.3 is 14.7 Å². The number of unbranched alkanes of at least 4 members (excludes halogenated alkanes) is 1. The summed E-state index contributed by atoms with van der Waals surface area (Å²) in [5.41, 5.74) is 0.437. The lowest BCUT2D eigenvalue weighted by molar-refractivity contribution is -0.137. The van der Waals surface area contributed by atoms with Crippen molar-refractivity contribution in [2.75, 3.05) is 19.1 Å². The largest absolute Gasteiger partial charge is 0.494 e. The number of rotatable bonds is 7. The number of benzene rings is 1. The number of nitrogens with zero attached hydrogens (tertiary/aromatic N) is 1. The van der Waals surface area contributed by atoms with E-state index in [1.54, 1.807) is 13.1 Å². The van der Waals surface area contributed by atoms with Crippen LogP contribution in [0.3, 0.4) is 0 Å². The molecule has 1 rings (SSSR count). The van der Waals surface area contributed by atoms with Gasteiger partial charge in [-0.1, -0.05) is 0 Å². The summed E-state index contributed by atoms with van der Waals surface area (Å²) >= 11 is 0. The molecule has 0 radical (unpaired) electrons. The Morgan fingerprint density at radius 3 is 2.50 bits per heavy atom. The Kier molecular flexibility index (Phi) is 5.96. The number of ether oxygens (including phenoxy) is 1. The van der Waals surface area contributed by atoms with Gasteiger partial charge in [-0.2, -0.15) is 0 Å². The van der Waals surface area contributed by atoms with Gasteiger partial charge in [-0.15, -0.1) is 0 Å². The average molecular weight is 283 g/mol. The van der Waals surface area contributed by atoms with Crippen molar-refractivity contribution in [1.29, 1.82) is 0 Å². The topological polar surface area (TPSA) is 66.8 Å². The molecule has 0 fully saturated rings. The first-order valence-electron chi connectivity index (χ1n) is 6.27. The molecule has 0 atom stereocenters. The predicted octanol–water partition coefficient (Wildman–Crippen LogP) is 2.44. The van der Waals surface area contributed by atoms with Crippen molar-refractivity contribution in [3.63, 3.8) is 0 Å². The van der Waals surface area contributed by atoms with Crippen LogP contribution in [0, 0.1) is 5.82 Å². The molecule has 6 heteroatoms. The molecule has 1 aromatic carbocycles. The monoisotopic (exact) mass is 283 g/mol. The lowest BCUT2D eigenvalue weighted by Gasteiger charge is -2.18. The molecule has 1 N–H and O–H groups in total. The Balaban J connectivity index is 2.56. The summed E-state index contributed by atoms with van der Waals surface area (Å²) in [4.78, 5) is 23.6. The maximum absolute atomic E-state index is 13.5. The van der Waals surface area contributed by atoms with Crippen LogP contribution in [0.2, 0.25) is 0 Å². The first-order chi connectivity index (χ1) is 9.45. The molecule has 110 valence electrons. The first-order valence-corrected chi connectivity index (χ1v) is 6.27. The maximum Gasteiger partial charge on any atom is 0.303 e. The van der Waals surface area contributed by atoms with Crippen LogP contribution in [0.5, 0.6) is 5.75 Å². The highest BCUT2D eigenvalue weighted by Gasteiger charge is 2.13. The zero-order chi connectivity index (χ0) is 15.1. The van der Waals surface area contributed by atoms with E-state index in [4.69, 9.17) is 9.84 Å². The Bertz CT molecular complexity index is 490. The molecule has 1 aromatic rings. The van der Waals surface area contributed by atoms with E-state index < -0.39 is 11.8 Å². The number of hydrogen-bond acceptors (Lipinski definition) is 3. The SMILES string of the molecule is COc1ccc(N(C)C(=O)CCCCC(=O)O)cc1F. The highest BCUT2D eigenvalue weighted by atomic mass is 19.1. The number of carboxylic acids is 1. The number of carbonyl (C=O) groups is 2. The molecule has 0 aliphatic heterocycles. The van der Waals surface area contributed by atoms with Crippen LogP contribution in [0.15, 0.2) is 18.2 Å². The maximum atomic E-state index is 13.5. The van der Waals surface area contributed by atoms with E-state index in [2.05, 4.69) is 0 Å². The third-order valence-corrected chi connectivity index (χ3v) is 2.93. The van der Waals surface area contributed by atoms with Gasteiger partial charge in [-0.25, -0.2) is 4.39 Å². The molecule has 0 saturated carbocycles. The van der Waals surface area contributed by atoms with Gasteiger partial charge in [0.2, 0.25) is 5.91 Å². The molecule has 0 aliphatic carbocycles. The molecule has 0 heterocycles. The Labute approximate surface area is 117 Å². The lowest BCUT2D eigenvalue weighted by atomic mass is 10.1. The van der Waals surface area contributed by atoms with Crippen molar-refractivity contribution >= 4 is 17.6 Å². The van der Waals surface area contributed by atoms with Crippen molar-refractivity contribution in [1.82, 2.24) is 0 Å². The molecular formula is C14H18FNO4. The van der Waals surface area contributed by atoms with Gasteiger partial charge in [0, 0.05) is 31.6 Å². The smallest absolute Gasteiger partial charge is 0.303 e. The highest BCUT2D eigenvalue weighted by Crippen LogP contribution is 2.23. The van der Waals surface area contributed by atoms with Gasteiger partial charge >= 0.3 is 5.97 Å².